The lowest BCUT2D eigenvalue weighted by molar-refractivity contribution is 0.0685. The lowest BCUT2D eigenvalue weighted by atomic mass is 10.2. The largest absolute Gasteiger partial charge is 0.477 e. The van der Waals surface area contributed by atoms with E-state index in [1.807, 2.05) is 24.3 Å². The van der Waals surface area contributed by atoms with Crippen molar-refractivity contribution in [2.45, 2.75) is 13.5 Å². The van der Waals surface area contributed by atoms with Crippen LogP contribution < -0.4 is 0 Å². The molecule has 2 aromatic rings. The average molecular weight is 295 g/mol. The molecule has 88 valence electrons. The molecule has 0 atom stereocenters. The molecular weight excluding hydrogens is 284 g/mol. The summed E-state index contributed by atoms with van der Waals surface area (Å²) in [6, 6.07) is 7.73. The first-order valence-corrected chi connectivity index (χ1v) is 5.87. The van der Waals surface area contributed by atoms with E-state index in [2.05, 4.69) is 20.9 Å². The second-order valence-electron chi connectivity index (χ2n) is 3.67. The number of aromatic carboxylic acids is 1. The molecule has 1 heterocycles. The summed E-state index contributed by atoms with van der Waals surface area (Å²) in [5, 5.41) is 9.05. The number of aryl methyl sites for hydroxylation is 1. The van der Waals surface area contributed by atoms with Crippen molar-refractivity contribution in [2.24, 2.45) is 0 Å². The highest BCUT2D eigenvalue weighted by Crippen LogP contribution is 2.18. The van der Waals surface area contributed by atoms with Crippen molar-refractivity contribution in [1.29, 1.82) is 0 Å². The predicted molar refractivity (Wildman–Crippen MR) is 67.2 cm³/mol. The van der Waals surface area contributed by atoms with E-state index in [4.69, 9.17) is 5.11 Å². The van der Waals surface area contributed by atoms with E-state index >= 15 is 0 Å². The zero-order chi connectivity index (χ0) is 12.4. The number of aromatic nitrogens is 2. The molecule has 2 rings (SSSR count). The Hall–Kier alpha value is -1.62. The Morgan fingerprint density at radius 1 is 1.47 bits per heavy atom. The molecule has 0 radical (unpaired) electrons. The number of carboxylic acids is 1. The molecule has 17 heavy (non-hydrogen) atoms. The first kappa shape index (κ1) is 11.9. The van der Waals surface area contributed by atoms with Gasteiger partial charge in [0.2, 0.25) is 0 Å². The van der Waals surface area contributed by atoms with Crippen molar-refractivity contribution < 1.29 is 9.90 Å². The quantitative estimate of drug-likeness (QED) is 0.947. The van der Waals surface area contributed by atoms with Crippen LogP contribution in [-0.2, 0) is 6.54 Å². The summed E-state index contributed by atoms with van der Waals surface area (Å²) in [5.74, 6) is -0.268. The minimum Gasteiger partial charge on any atom is -0.477 e. The Kier molecular flexibility index (Phi) is 3.28. The minimum atomic E-state index is -0.961. The first-order valence-electron chi connectivity index (χ1n) is 5.08. The van der Waals surface area contributed by atoms with Crippen LogP contribution in [0.4, 0.5) is 0 Å². The van der Waals surface area contributed by atoms with Crippen LogP contribution in [-0.4, -0.2) is 20.6 Å². The van der Waals surface area contributed by atoms with Crippen LogP contribution in [0.15, 0.2) is 34.9 Å². The van der Waals surface area contributed by atoms with Gasteiger partial charge >= 0.3 is 5.97 Å². The van der Waals surface area contributed by atoms with E-state index in [1.165, 1.54) is 6.20 Å². The number of benzene rings is 1. The maximum Gasteiger partial charge on any atom is 0.354 e. The van der Waals surface area contributed by atoms with Crippen molar-refractivity contribution in [3.8, 4) is 0 Å². The number of nitrogens with zero attached hydrogens (tertiary/aromatic N) is 2. The third-order valence-electron chi connectivity index (χ3n) is 2.56. The van der Waals surface area contributed by atoms with E-state index in [9.17, 15) is 4.79 Å². The van der Waals surface area contributed by atoms with Gasteiger partial charge in [0.1, 0.15) is 11.5 Å². The van der Waals surface area contributed by atoms with Gasteiger partial charge in [-0.15, -0.1) is 0 Å². The topological polar surface area (TPSA) is 55.1 Å². The van der Waals surface area contributed by atoms with Gasteiger partial charge in [-0.2, -0.15) is 0 Å². The number of carbonyl (C=O) groups is 1. The standard InChI is InChI=1S/C12H11BrN2O2/c1-8-14-6-11(12(16)17)15(8)7-9-4-2-3-5-10(9)13/h2-6H,7H2,1H3,(H,16,17). The van der Waals surface area contributed by atoms with Crippen molar-refractivity contribution in [3.63, 3.8) is 0 Å². The zero-order valence-corrected chi connectivity index (χ0v) is 10.8. The van der Waals surface area contributed by atoms with Crippen LogP contribution in [0.5, 0.6) is 0 Å². The maximum absolute atomic E-state index is 11.0. The molecule has 1 aromatic carbocycles. The molecule has 0 unspecified atom stereocenters. The predicted octanol–water partition coefficient (Wildman–Crippen LogP) is 2.70. The van der Waals surface area contributed by atoms with Gasteiger partial charge in [0.15, 0.2) is 0 Å². The normalized spacial score (nSPS) is 10.5. The van der Waals surface area contributed by atoms with Crippen LogP contribution in [0.2, 0.25) is 0 Å². The summed E-state index contributed by atoms with van der Waals surface area (Å²) < 4.78 is 2.65. The fourth-order valence-corrected chi connectivity index (χ4v) is 2.05. The number of hydrogen-bond acceptors (Lipinski definition) is 2. The summed E-state index contributed by atoms with van der Waals surface area (Å²) in [4.78, 5) is 15.1. The van der Waals surface area contributed by atoms with E-state index in [0.717, 1.165) is 10.0 Å². The third-order valence-corrected chi connectivity index (χ3v) is 3.33. The molecular formula is C12H11BrN2O2. The molecule has 0 spiro atoms. The zero-order valence-electron chi connectivity index (χ0n) is 9.22. The van der Waals surface area contributed by atoms with Crippen molar-refractivity contribution in [1.82, 2.24) is 9.55 Å². The highest BCUT2D eigenvalue weighted by Gasteiger charge is 2.13. The Bertz CT molecular complexity index is 563. The Morgan fingerprint density at radius 3 is 2.82 bits per heavy atom. The molecule has 0 aliphatic carbocycles. The lowest BCUT2D eigenvalue weighted by Gasteiger charge is -2.09. The smallest absolute Gasteiger partial charge is 0.354 e. The second kappa shape index (κ2) is 4.71. The van der Waals surface area contributed by atoms with Crippen LogP contribution in [0.1, 0.15) is 21.9 Å². The molecule has 1 aromatic heterocycles. The average Bonchev–Trinajstić information content (AvgIpc) is 2.64. The van der Waals surface area contributed by atoms with E-state index < -0.39 is 5.97 Å². The Labute approximate surface area is 107 Å². The molecule has 0 amide bonds. The molecule has 1 N–H and O–H groups in total. The lowest BCUT2D eigenvalue weighted by Crippen LogP contribution is -2.11. The highest BCUT2D eigenvalue weighted by atomic mass is 79.9. The Balaban J connectivity index is 2.39. The van der Waals surface area contributed by atoms with Gasteiger partial charge in [-0.05, 0) is 18.6 Å². The molecule has 0 bridgehead atoms. The van der Waals surface area contributed by atoms with Crippen molar-refractivity contribution in [2.75, 3.05) is 0 Å². The Morgan fingerprint density at radius 2 is 2.18 bits per heavy atom. The van der Waals surface area contributed by atoms with Crippen molar-refractivity contribution in [3.05, 3.63) is 52.0 Å². The van der Waals surface area contributed by atoms with E-state index in [1.54, 1.807) is 11.5 Å². The third kappa shape index (κ3) is 2.39. The molecule has 0 fully saturated rings. The number of imidazole rings is 1. The fourth-order valence-electron chi connectivity index (χ4n) is 1.64. The molecule has 0 aliphatic rings. The maximum atomic E-state index is 11.0. The van der Waals surface area contributed by atoms with Gasteiger partial charge in [-0.1, -0.05) is 34.1 Å². The SMILES string of the molecule is Cc1ncc(C(=O)O)n1Cc1ccccc1Br. The van der Waals surface area contributed by atoms with Gasteiger partial charge in [0, 0.05) is 4.47 Å². The van der Waals surface area contributed by atoms with Crippen LogP contribution >= 0.6 is 15.9 Å². The molecule has 5 heteroatoms. The van der Waals surface area contributed by atoms with Gasteiger partial charge < -0.3 is 9.67 Å². The molecule has 0 aliphatic heterocycles. The minimum absolute atomic E-state index is 0.207. The molecule has 0 saturated heterocycles. The molecule has 4 nitrogen and oxygen atoms in total. The summed E-state index contributed by atoms with van der Waals surface area (Å²) >= 11 is 3.45. The second-order valence-corrected chi connectivity index (χ2v) is 4.53. The van der Waals surface area contributed by atoms with Crippen LogP contribution in [0, 0.1) is 6.92 Å². The summed E-state index contributed by atoms with van der Waals surface area (Å²) in [5.41, 5.74) is 1.23. The number of hydrogen-bond donors (Lipinski definition) is 1. The highest BCUT2D eigenvalue weighted by molar-refractivity contribution is 9.10. The van der Waals surface area contributed by atoms with Crippen molar-refractivity contribution >= 4 is 21.9 Å². The monoisotopic (exact) mass is 294 g/mol. The van der Waals surface area contributed by atoms with E-state index in [0.29, 0.717) is 12.4 Å². The van der Waals surface area contributed by atoms with Gasteiger partial charge in [0.25, 0.3) is 0 Å². The van der Waals surface area contributed by atoms with Gasteiger partial charge in [-0.3, -0.25) is 0 Å². The number of halogens is 1. The number of rotatable bonds is 3. The van der Waals surface area contributed by atoms with Gasteiger partial charge in [0.05, 0.1) is 12.7 Å². The molecule has 0 saturated carbocycles. The summed E-state index contributed by atoms with van der Waals surface area (Å²) in [7, 11) is 0. The first-order chi connectivity index (χ1) is 8.09. The van der Waals surface area contributed by atoms with Crippen LogP contribution in [0.25, 0.3) is 0 Å². The fraction of sp³-hybridized carbons (Fsp3) is 0.167. The summed E-state index contributed by atoms with van der Waals surface area (Å²) in [6.07, 6.45) is 1.38. The van der Waals surface area contributed by atoms with E-state index in [-0.39, 0.29) is 5.69 Å². The van der Waals surface area contributed by atoms with Gasteiger partial charge in [-0.25, -0.2) is 9.78 Å². The summed E-state index contributed by atoms with van der Waals surface area (Å²) in [6.45, 7) is 2.29. The van der Waals surface area contributed by atoms with Crippen LogP contribution in [0.3, 0.4) is 0 Å². The number of carboxylic acid groups (broad SMARTS) is 1.